The van der Waals surface area contributed by atoms with Crippen molar-refractivity contribution >= 4 is 5.69 Å². The molecule has 0 bridgehead atoms. The summed E-state index contributed by atoms with van der Waals surface area (Å²) in [7, 11) is 1.59. The molecule has 0 aliphatic heterocycles. The molecule has 0 heterocycles. The van der Waals surface area contributed by atoms with Gasteiger partial charge in [-0.1, -0.05) is 0 Å². The van der Waals surface area contributed by atoms with Gasteiger partial charge in [0, 0.05) is 19.4 Å². The van der Waals surface area contributed by atoms with Crippen LogP contribution in [0.15, 0.2) is 24.3 Å². The highest BCUT2D eigenvalue weighted by Gasteiger charge is 2.06. The van der Waals surface area contributed by atoms with Gasteiger partial charge in [-0.2, -0.15) is 0 Å². The predicted molar refractivity (Wildman–Crippen MR) is 58.8 cm³/mol. The molecule has 1 atom stereocenters. The second-order valence-corrected chi connectivity index (χ2v) is 3.00. The zero-order valence-corrected chi connectivity index (χ0v) is 9.10. The molecule has 0 aromatic heterocycles. The van der Waals surface area contributed by atoms with Crippen molar-refractivity contribution in [1.82, 2.24) is 0 Å². The van der Waals surface area contributed by atoms with E-state index in [1.54, 1.807) is 19.2 Å². The molecule has 0 amide bonds. The van der Waals surface area contributed by atoms with Crippen molar-refractivity contribution in [2.75, 3.05) is 26.1 Å². The smallest absolute Gasteiger partial charge is 0.191 e. The normalized spacial score (nSPS) is 12.4. The summed E-state index contributed by atoms with van der Waals surface area (Å²) in [5, 5.41) is 0. The molecule has 84 valence electrons. The zero-order chi connectivity index (χ0) is 11.1. The average Bonchev–Trinajstić information content (AvgIpc) is 2.26. The van der Waals surface area contributed by atoms with E-state index >= 15 is 0 Å². The molecule has 1 rings (SSSR count). The van der Waals surface area contributed by atoms with Gasteiger partial charge in [-0.15, -0.1) is 0 Å². The largest absolute Gasteiger partial charge is 0.488 e. The summed E-state index contributed by atoms with van der Waals surface area (Å²) in [6.07, 6.45) is -0.326. The Morgan fingerprint density at radius 2 is 1.93 bits per heavy atom. The summed E-state index contributed by atoms with van der Waals surface area (Å²) in [6, 6.07) is 7.21. The first kappa shape index (κ1) is 11.8. The number of benzene rings is 1. The van der Waals surface area contributed by atoms with Crippen molar-refractivity contribution in [3.05, 3.63) is 24.3 Å². The van der Waals surface area contributed by atoms with Crippen molar-refractivity contribution < 1.29 is 14.2 Å². The summed E-state index contributed by atoms with van der Waals surface area (Å²) >= 11 is 0. The van der Waals surface area contributed by atoms with Crippen LogP contribution in [-0.2, 0) is 9.47 Å². The van der Waals surface area contributed by atoms with Gasteiger partial charge in [0.2, 0.25) is 0 Å². The fourth-order valence-electron chi connectivity index (χ4n) is 1.10. The maximum atomic E-state index is 5.55. The van der Waals surface area contributed by atoms with E-state index in [0.717, 1.165) is 11.4 Å². The quantitative estimate of drug-likeness (QED) is 0.574. The van der Waals surface area contributed by atoms with Crippen LogP contribution >= 0.6 is 0 Å². The van der Waals surface area contributed by atoms with Crippen LogP contribution in [0.4, 0.5) is 5.69 Å². The van der Waals surface area contributed by atoms with Crippen LogP contribution in [0.3, 0.4) is 0 Å². The maximum absolute atomic E-state index is 5.55. The second-order valence-electron chi connectivity index (χ2n) is 3.00. The van der Waals surface area contributed by atoms with E-state index in [-0.39, 0.29) is 6.29 Å². The summed E-state index contributed by atoms with van der Waals surface area (Å²) in [5.74, 6) is 0.756. The zero-order valence-electron chi connectivity index (χ0n) is 9.10. The molecule has 0 radical (unpaired) electrons. The molecule has 0 saturated carbocycles. The highest BCUT2D eigenvalue weighted by Crippen LogP contribution is 2.13. The Labute approximate surface area is 89.9 Å². The number of ether oxygens (including phenoxy) is 3. The Kier molecular flexibility index (Phi) is 4.93. The molecule has 1 aromatic carbocycles. The Hall–Kier alpha value is -1.26. The van der Waals surface area contributed by atoms with E-state index in [1.165, 1.54) is 0 Å². The molecular formula is C11H17NO3. The SMILES string of the molecule is CCOC(COc1ccc(N)cc1)OC. The van der Waals surface area contributed by atoms with Crippen molar-refractivity contribution in [2.45, 2.75) is 13.2 Å². The molecule has 0 spiro atoms. The fraction of sp³-hybridized carbons (Fsp3) is 0.455. The number of hydrogen-bond donors (Lipinski definition) is 1. The lowest BCUT2D eigenvalue weighted by Crippen LogP contribution is -2.23. The third-order valence-electron chi connectivity index (χ3n) is 1.88. The van der Waals surface area contributed by atoms with Crippen LogP contribution in [0.2, 0.25) is 0 Å². The maximum Gasteiger partial charge on any atom is 0.191 e. The molecule has 1 unspecified atom stereocenters. The highest BCUT2D eigenvalue weighted by atomic mass is 16.7. The molecule has 1 aromatic rings. The van der Waals surface area contributed by atoms with Gasteiger partial charge in [-0.3, -0.25) is 0 Å². The average molecular weight is 211 g/mol. The van der Waals surface area contributed by atoms with Crippen LogP contribution in [0, 0.1) is 0 Å². The first-order valence-corrected chi connectivity index (χ1v) is 4.89. The number of rotatable bonds is 6. The summed E-state index contributed by atoms with van der Waals surface area (Å²) in [5.41, 5.74) is 6.27. The van der Waals surface area contributed by atoms with Crippen molar-refractivity contribution in [1.29, 1.82) is 0 Å². The molecule has 0 aliphatic rings. The van der Waals surface area contributed by atoms with E-state index < -0.39 is 0 Å². The lowest BCUT2D eigenvalue weighted by Gasteiger charge is -2.15. The fourth-order valence-corrected chi connectivity index (χ4v) is 1.10. The van der Waals surface area contributed by atoms with E-state index in [2.05, 4.69) is 0 Å². The van der Waals surface area contributed by atoms with E-state index in [9.17, 15) is 0 Å². The molecule has 0 fully saturated rings. The second kappa shape index (κ2) is 6.27. The van der Waals surface area contributed by atoms with E-state index in [4.69, 9.17) is 19.9 Å². The molecule has 2 N–H and O–H groups in total. The van der Waals surface area contributed by atoms with Crippen molar-refractivity contribution in [2.24, 2.45) is 0 Å². The number of anilines is 1. The van der Waals surface area contributed by atoms with Gasteiger partial charge in [-0.05, 0) is 31.2 Å². The lowest BCUT2D eigenvalue weighted by molar-refractivity contribution is -0.137. The predicted octanol–water partition coefficient (Wildman–Crippen LogP) is 1.66. The van der Waals surface area contributed by atoms with Crippen LogP contribution in [0.1, 0.15) is 6.92 Å². The number of hydrogen-bond acceptors (Lipinski definition) is 4. The van der Waals surface area contributed by atoms with Crippen LogP contribution in [-0.4, -0.2) is 26.6 Å². The molecule has 0 saturated heterocycles. The van der Waals surface area contributed by atoms with Crippen molar-refractivity contribution in [3.63, 3.8) is 0 Å². The van der Waals surface area contributed by atoms with E-state index in [0.29, 0.717) is 13.2 Å². The van der Waals surface area contributed by atoms with Crippen LogP contribution < -0.4 is 10.5 Å². The van der Waals surface area contributed by atoms with Gasteiger partial charge in [0.05, 0.1) is 0 Å². The summed E-state index contributed by atoms with van der Waals surface area (Å²) in [6.45, 7) is 2.88. The third-order valence-corrected chi connectivity index (χ3v) is 1.88. The minimum atomic E-state index is -0.326. The van der Waals surface area contributed by atoms with Gasteiger partial charge >= 0.3 is 0 Å². The Morgan fingerprint density at radius 3 is 2.47 bits per heavy atom. The van der Waals surface area contributed by atoms with Gasteiger partial charge in [0.25, 0.3) is 0 Å². The monoisotopic (exact) mass is 211 g/mol. The summed E-state index contributed by atoms with van der Waals surface area (Å²) < 4.78 is 15.8. The molecule has 4 heteroatoms. The molecule has 15 heavy (non-hydrogen) atoms. The standard InChI is InChI=1S/C11H17NO3/c1-3-14-11(13-2)8-15-10-6-4-9(12)5-7-10/h4-7,11H,3,8,12H2,1-2H3. The third kappa shape index (κ3) is 4.18. The number of nitrogen functional groups attached to an aromatic ring is 1. The van der Waals surface area contributed by atoms with E-state index in [1.807, 2.05) is 19.1 Å². The first-order valence-electron chi connectivity index (χ1n) is 4.89. The molecule has 4 nitrogen and oxygen atoms in total. The number of nitrogens with two attached hydrogens (primary N) is 1. The Morgan fingerprint density at radius 1 is 1.27 bits per heavy atom. The van der Waals surface area contributed by atoms with Crippen molar-refractivity contribution in [3.8, 4) is 5.75 Å². The highest BCUT2D eigenvalue weighted by molar-refractivity contribution is 5.41. The topological polar surface area (TPSA) is 53.7 Å². The minimum absolute atomic E-state index is 0.326. The lowest BCUT2D eigenvalue weighted by atomic mass is 10.3. The molecule has 0 aliphatic carbocycles. The summed E-state index contributed by atoms with van der Waals surface area (Å²) in [4.78, 5) is 0. The minimum Gasteiger partial charge on any atom is -0.488 e. The van der Waals surface area contributed by atoms with Gasteiger partial charge in [0.15, 0.2) is 6.29 Å². The van der Waals surface area contributed by atoms with Crippen LogP contribution in [0.5, 0.6) is 5.75 Å². The molecular weight excluding hydrogens is 194 g/mol. The van der Waals surface area contributed by atoms with Gasteiger partial charge in [-0.25, -0.2) is 0 Å². The first-order chi connectivity index (χ1) is 7.26. The number of methoxy groups -OCH3 is 1. The Balaban J connectivity index is 2.38. The van der Waals surface area contributed by atoms with Gasteiger partial charge in [0.1, 0.15) is 12.4 Å². The Bertz CT molecular complexity index is 274. The van der Waals surface area contributed by atoms with Gasteiger partial charge < -0.3 is 19.9 Å². The van der Waals surface area contributed by atoms with Crippen LogP contribution in [0.25, 0.3) is 0 Å².